The number of nitrogens with one attached hydrogen (secondary N) is 2. The van der Waals surface area contributed by atoms with Gasteiger partial charge in [0.1, 0.15) is 0 Å². The molecule has 6 nitrogen and oxygen atoms in total. The van der Waals surface area contributed by atoms with Crippen molar-refractivity contribution in [1.82, 2.24) is 5.32 Å². The van der Waals surface area contributed by atoms with Gasteiger partial charge in [-0.05, 0) is 30.3 Å². The van der Waals surface area contributed by atoms with Crippen LogP contribution < -0.4 is 20.1 Å². The summed E-state index contributed by atoms with van der Waals surface area (Å²) in [6, 6.07) is 14.0. The van der Waals surface area contributed by atoms with Crippen molar-refractivity contribution in [1.29, 1.82) is 0 Å². The number of urea groups is 1. The minimum absolute atomic E-state index is 0.127. The van der Waals surface area contributed by atoms with Gasteiger partial charge in [-0.25, -0.2) is 4.79 Å². The average Bonchev–Trinajstić information content (AvgIpc) is 2.85. The smallest absolute Gasteiger partial charge is 0.325 e. The van der Waals surface area contributed by atoms with Crippen LogP contribution in [0, 0.1) is 0 Å². The molecule has 3 amide bonds. The number of thioether (sulfide) groups is 1. The number of amides is 3. The highest BCUT2D eigenvalue weighted by Crippen LogP contribution is 2.33. The van der Waals surface area contributed by atoms with Gasteiger partial charge in [0, 0.05) is 17.0 Å². The maximum atomic E-state index is 11.9. The van der Waals surface area contributed by atoms with E-state index in [9.17, 15) is 9.59 Å². The lowest BCUT2D eigenvalue weighted by atomic mass is 10.3. The number of para-hydroxylation sites is 1. The highest BCUT2D eigenvalue weighted by molar-refractivity contribution is 8.00. The van der Waals surface area contributed by atoms with E-state index in [2.05, 4.69) is 10.6 Å². The number of benzene rings is 2. The van der Waals surface area contributed by atoms with E-state index in [1.54, 1.807) is 24.3 Å². The molecule has 0 aliphatic carbocycles. The Morgan fingerprint density at radius 2 is 1.76 bits per heavy atom. The van der Waals surface area contributed by atoms with Gasteiger partial charge in [0.2, 0.25) is 5.91 Å². The summed E-state index contributed by atoms with van der Waals surface area (Å²) in [4.78, 5) is 24.6. The van der Waals surface area contributed by atoms with Crippen LogP contribution in [0.4, 0.5) is 10.5 Å². The predicted octanol–water partition coefficient (Wildman–Crippen LogP) is 3.29. The number of hydrogen-bond donors (Lipinski definition) is 2. The zero-order valence-corrected chi connectivity index (χ0v) is 14.3. The first kappa shape index (κ1) is 17.2. The van der Waals surface area contributed by atoms with E-state index >= 15 is 0 Å². The molecule has 1 heterocycles. The van der Waals surface area contributed by atoms with Gasteiger partial charge in [0.25, 0.3) is 0 Å². The van der Waals surface area contributed by atoms with E-state index in [-0.39, 0.29) is 11.7 Å². The molecule has 1 aliphatic heterocycles. The Labute approximate surface area is 149 Å². The summed E-state index contributed by atoms with van der Waals surface area (Å²) < 4.78 is 11.2. The molecule has 0 aromatic heterocycles. The predicted molar refractivity (Wildman–Crippen MR) is 96.4 cm³/mol. The molecule has 2 aromatic carbocycles. The highest BCUT2D eigenvalue weighted by atomic mass is 32.2. The van der Waals surface area contributed by atoms with Crippen LogP contribution in [0.5, 0.6) is 11.5 Å². The fourth-order valence-corrected chi connectivity index (χ4v) is 2.95. The Hall–Kier alpha value is -2.67. The summed E-state index contributed by atoms with van der Waals surface area (Å²) in [5.74, 6) is 1.16. The topological polar surface area (TPSA) is 76.7 Å². The lowest BCUT2D eigenvalue weighted by Gasteiger charge is -2.09. The van der Waals surface area contributed by atoms with Crippen molar-refractivity contribution in [2.75, 3.05) is 24.3 Å². The molecule has 0 atom stereocenters. The van der Waals surface area contributed by atoms with Crippen LogP contribution in [0.3, 0.4) is 0 Å². The second-order valence-corrected chi connectivity index (χ2v) is 6.36. The van der Waals surface area contributed by atoms with Crippen LogP contribution in [0.2, 0.25) is 0 Å². The normalized spacial score (nSPS) is 12.8. The van der Waals surface area contributed by atoms with Crippen LogP contribution >= 0.6 is 11.8 Å². The summed E-state index contributed by atoms with van der Waals surface area (Å²) in [5.41, 5.74) is 0.628. The Morgan fingerprint density at radius 1 is 1.00 bits per heavy atom. The standard InChI is InChI=1S/C18H18N2O4S/c21-17(20-18(22)19-13-5-2-1-3-6-13)12-25-14-7-8-15-16(11-14)24-10-4-9-23-15/h1-3,5-8,11H,4,9-10,12H2,(H2,19,20,21,22). The van der Waals surface area contributed by atoms with Crippen LogP contribution in [-0.4, -0.2) is 30.9 Å². The van der Waals surface area contributed by atoms with Crippen LogP contribution in [0.15, 0.2) is 53.4 Å². The fourth-order valence-electron chi connectivity index (χ4n) is 2.23. The lowest BCUT2D eigenvalue weighted by molar-refractivity contribution is -0.117. The van der Waals surface area contributed by atoms with Crippen molar-refractivity contribution < 1.29 is 19.1 Å². The zero-order chi connectivity index (χ0) is 17.5. The largest absolute Gasteiger partial charge is 0.490 e. The molecule has 0 spiro atoms. The first-order valence-corrected chi connectivity index (χ1v) is 8.87. The van der Waals surface area contributed by atoms with E-state index in [1.807, 2.05) is 24.3 Å². The molecule has 0 bridgehead atoms. The second-order valence-electron chi connectivity index (χ2n) is 5.32. The molecule has 3 rings (SSSR count). The van der Waals surface area contributed by atoms with Crippen molar-refractivity contribution in [2.45, 2.75) is 11.3 Å². The van der Waals surface area contributed by atoms with Gasteiger partial charge >= 0.3 is 6.03 Å². The summed E-state index contributed by atoms with van der Waals surface area (Å²) in [6.45, 7) is 1.25. The number of carbonyl (C=O) groups is 2. The van der Waals surface area contributed by atoms with Crippen LogP contribution in [0.25, 0.3) is 0 Å². The second kappa shape index (κ2) is 8.43. The first-order chi connectivity index (χ1) is 12.2. The van der Waals surface area contributed by atoms with Crippen LogP contribution in [-0.2, 0) is 4.79 Å². The minimum Gasteiger partial charge on any atom is -0.490 e. The van der Waals surface area contributed by atoms with Gasteiger partial charge in [0.15, 0.2) is 11.5 Å². The molecule has 2 aromatic rings. The lowest BCUT2D eigenvalue weighted by Crippen LogP contribution is -2.35. The van der Waals surface area contributed by atoms with Gasteiger partial charge < -0.3 is 14.8 Å². The van der Waals surface area contributed by atoms with Crippen molar-refractivity contribution in [3.8, 4) is 11.5 Å². The maximum absolute atomic E-state index is 11.9. The number of ether oxygens (including phenoxy) is 2. The third-order valence-electron chi connectivity index (χ3n) is 3.37. The molecular weight excluding hydrogens is 340 g/mol. The molecule has 0 fully saturated rings. The van der Waals surface area contributed by atoms with E-state index in [1.165, 1.54) is 11.8 Å². The molecule has 130 valence electrons. The fraction of sp³-hybridized carbons (Fsp3) is 0.222. The van der Waals surface area contributed by atoms with Crippen molar-refractivity contribution in [2.24, 2.45) is 0 Å². The van der Waals surface area contributed by atoms with Gasteiger partial charge in [-0.1, -0.05) is 18.2 Å². The number of anilines is 1. The zero-order valence-electron chi connectivity index (χ0n) is 13.5. The number of hydrogen-bond acceptors (Lipinski definition) is 5. The minimum atomic E-state index is -0.546. The summed E-state index contributed by atoms with van der Waals surface area (Å²) in [5, 5.41) is 4.91. The Balaban J connectivity index is 1.49. The van der Waals surface area contributed by atoms with Gasteiger partial charge in [-0.15, -0.1) is 11.8 Å². The molecule has 0 radical (unpaired) electrons. The van der Waals surface area contributed by atoms with E-state index in [0.717, 1.165) is 11.3 Å². The molecule has 7 heteroatoms. The third kappa shape index (κ3) is 5.15. The monoisotopic (exact) mass is 358 g/mol. The summed E-state index contributed by atoms with van der Waals surface area (Å²) >= 11 is 1.33. The molecule has 2 N–H and O–H groups in total. The Bertz CT molecular complexity index is 752. The highest BCUT2D eigenvalue weighted by Gasteiger charge is 2.13. The molecule has 25 heavy (non-hydrogen) atoms. The SMILES string of the molecule is O=C(CSc1ccc2c(c1)OCCCO2)NC(=O)Nc1ccccc1. The van der Waals surface area contributed by atoms with Gasteiger partial charge in [-0.3, -0.25) is 10.1 Å². The number of imide groups is 1. The Morgan fingerprint density at radius 3 is 2.56 bits per heavy atom. The number of fused-ring (bicyclic) bond motifs is 1. The molecule has 0 saturated carbocycles. The number of carbonyl (C=O) groups excluding carboxylic acids is 2. The quantitative estimate of drug-likeness (QED) is 0.820. The Kier molecular flexibility index (Phi) is 5.79. The molecule has 1 aliphatic rings. The summed E-state index contributed by atoms with van der Waals surface area (Å²) in [6.07, 6.45) is 0.843. The van der Waals surface area contributed by atoms with E-state index < -0.39 is 6.03 Å². The van der Waals surface area contributed by atoms with Crippen molar-refractivity contribution in [3.05, 3.63) is 48.5 Å². The summed E-state index contributed by atoms with van der Waals surface area (Å²) in [7, 11) is 0. The van der Waals surface area contributed by atoms with Crippen molar-refractivity contribution in [3.63, 3.8) is 0 Å². The van der Waals surface area contributed by atoms with Gasteiger partial charge in [-0.2, -0.15) is 0 Å². The first-order valence-electron chi connectivity index (χ1n) is 7.89. The molecular formula is C18H18N2O4S. The average molecular weight is 358 g/mol. The van der Waals surface area contributed by atoms with Gasteiger partial charge in [0.05, 0.1) is 19.0 Å². The molecule has 0 unspecified atom stereocenters. The van der Waals surface area contributed by atoms with E-state index in [4.69, 9.17) is 9.47 Å². The third-order valence-corrected chi connectivity index (χ3v) is 4.37. The van der Waals surface area contributed by atoms with E-state index in [0.29, 0.717) is 30.4 Å². The number of rotatable bonds is 4. The van der Waals surface area contributed by atoms with Crippen molar-refractivity contribution >= 4 is 29.4 Å². The molecule has 0 saturated heterocycles. The van der Waals surface area contributed by atoms with Crippen LogP contribution in [0.1, 0.15) is 6.42 Å². The maximum Gasteiger partial charge on any atom is 0.325 e.